The summed E-state index contributed by atoms with van der Waals surface area (Å²) in [4.78, 5) is 30.4. The molecule has 1 fully saturated rings. The van der Waals surface area contributed by atoms with Crippen molar-refractivity contribution in [2.75, 3.05) is 29.6 Å². The van der Waals surface area contributed by atoms with Crippen molar-refractivity contribution in [1.82, 2.24) is 15.0 Å². The minimum Gasteiger partial charge on any atom is -0.377 e. The minimum absolute atomic E-state index is 0.00580. The van der Waals surface area contributed by atoms with Crippen molar-refractivity contribution in [3.63, 3.8) is 0 Å². The van der Waals surface area contributed by atoms with Gasteiger partial charge < -0.3 is 14.6 Å². The number of amides is 1. The number of benzene rings is 2. The summed E-state index contributed by atoms with van der Waals surface area (Å²) in [6.07, 6.45) is 3.69. The number of fused-ring (bicyclic) bond motifs is 4. The third-order valence-corrected chi connectivity index (χ3v) is 6.76. The predicted octanol–water partition coefficient (Wildman–Crippen LogP) is 4.59. The van der Waals surface area contributed by atoms with E-state index in [0.717, 1.165) is 27.8 Å². The molecule has 0 spiro atoms. The van der Waals surface area contributed by atoms with Crippen LogP contribution in [0.3, 0.4) is 0 Å². The first-order valence-electron chi connectivity index (χ1n) is 11.0. The fourth-order valence-electron chi connectivity index (χ4n) is 4.79. The molecule has 8 heteroatoms. The number of nitrogens with zero attached hydrogens (tertiary/aromatic N) is 4. The van der Waals surface area contributed by atoms with Crippen LogP contribution in [0.25, 0.3) is 22.3 Å². The van der Waals surface area contributed by atoms with Gasteiger partial charge in [0.25, 0.3) is 5.91 Å². The highest BCUT2D eigenvalue weighted by Gasteiger charge is 2.43. The maximum atomic E-state index is 13.6. The third kappa shape index (κ3) is 3.27. The number of H-pyrrole nitrogens is 1. The molecule has 0 saturated carbocycles. The van der Waals surface area contributed by atoms with Gasteiger partial charge in [-0.25, -0.2) is 9.97 Å². The summed E-state index contributed by atoms with van der Waals surface area (Å²) in [5.41, 5.74) is 3.69. The largest absolute Gasteiger partial charge is 0.377 e. The Hall–Kier alpha value is -3.42. The lowest BCUT2D eigenvalue weighted by Crippen LogP contribution is -2.59. The number of rotatable bonds is 3. The monoisotopic (exact) mass is 459 g/mol. The van der Waals surface area contributed by atoms with Gasteiger partial charge in [-0.1, -0.05) is 35.9 Å². The number of aromatic nitrogens is 3. The van der Waals surface area contributed by atoms with E-state index in [4.69, 9.17) is 26.3 Å². The molecule has 2 aliphatic rings. The average Bonchev–Trinajstić information content (AvgIpc) is 3.34. The van der Waals surface area contributed by atoms with Gasteiger partial charge in [-0.3, -0.25) is 9.69 Å². The van der Waals surface area contributed by atoms with Crippen LogP contribution in [-0.4, -0.2) is 46.7 Å². The van der Waals surface area contributed by atoms with E-state index in [2.05, 4.69) is 9.88 Å². The number of nitrogens with one attached hydrogen (secondary N) is 1. The fourth-order valence-corrected chi connectivity index (χ4v) is 4.91. The number of hydrogen-bond acceptors (Lipinski definition) is 5. The van der Waals surface area contributed by atoms with Crippen LogP contribution in [0.1, 0.15) is 18.5 Å². The highest BCUT2D eigenvalue weighted by molar-refractivity contribution is 6.30. The molecule has 0 radical (unpaired) electrons. The maximum absolute atomic E-state index is 13.6. The SMILES string of the molecule is CC(c1ccc(Cl)cc1)N1C(=O)C2COCCN2c2nc(-c3cccc4[nH]ccc34)ncc21. The Morgan fingerprint density at radius 1 is 1.18 bits per heavy atom. The van der Waals surface area contributed by atoms with Crippen molar-refractivity contribution in [2.45, 2.75) is 19.0 Å². The van der Waals surface area contributed by atoms with Gasteiger partial charge in [0.05, 0.1) is 25.5 Å². The Labute approximate surface area is 196 Å². The molecule has 0 bridgehead atoms. The summed E-state index contributed by atoms with van der Waals surface area (Å²) in [5.74, 6) is 1.40. The normalized spacial score (nSPS) is 18.8. The smallest absolute Gasteiger partial charge is 0.252 e. The highest BCUT2D eigenvalue weighted by Crippen LogP contribution is 2.41. The van der Waals surface area contributed by atoms with E-state index >= 15 is 0 Å². The molecule has 6 rings (SSSR count). The summed E-state index contributed by atoms with van der Waals surface area (Å²) >= 11 is 6.09. The molecule has 0 aliphatic carbocycles. The van der Waals surface area contributed by atoms with Crippen molar-refractivity contribution in [2.24, 2.45) is 0 Å². The van der Waals surface area contributed by atoms with Gasteiger partial charge in [0.1, 0.15) is 11.7 Å². The molecule has 1 amide bonds. The Bertz CT molecular complexity index is 1350. The molecule has 2 aromatic carbocycles. The summed E-state index contributed by atoms with van der Waals surface area (Å²) in [5, 5.41) is 1.73. The Balaban J connectivity index is 1.49. The highest BCUT2D eigenvalue weighted by atomic mass is 35.5. The lowest BCUT2D eigenvalue weighted by molar-refractivity contribution is -0.123. The predicted molar refractivity (Wildman–Crippen MR) is 129 cm³/mol. The molecule has 4 aromatic rings. The molecule has 2 atom stereocenters. The number of halogens is 1. The zero-order chi connectivity index (χ0) is 22.5. The Kier molecular flexibility index (Phi) is 4.81. The van der Waals surface area contributed by atoms with E-state index < -0.39 is 6.04 Å². The molecule has 2 unspecified atom stereocenters. The number of hydrogen-bond donors (Lipinski definition) is 1. The van der Waals surface area contributed by atoms with E-state index in [1.807, 2.05) is 61.7 Å². The quantitative estimate of drug-likeness (QED) is 0.485. The standard InChI is InChI=1S/C25H22ClN5O2/c1-15(16-5-7-17(26)8-6-16)31-21-13-28-23(19-3-2-4-20-18(19)9-10-27-20)29-24(21)30-11-12-33-14-22(30)25(31)32/h2-10,13,15,22,27H,11-12,14H2,1H3. The van der Waals surface area contributed by atoms with Crippen molar-refractivity contribution in [3.05, 3.63) is 71.5 Å². The van der Waals surface area contributed by atoms with Crippen molar-refractivity contribution in [1.29, 1.82) is 0 Å². The minimum atomic E-state index is -0.410. The second kappa shape index (κ2) is 7.86. The number of carbonyl (C=O) groups excluding carboxylic acids is 1. The molecular weight excluding hydrogens is 438 g/mol. The molecule has 33 heavy (non-hydrogen) atoms. The van der Waals surface area contributed by atoms with Gasteiger partial charge in [-0.2, -0.15) is 0 Å². The summed E-state index contributed by atoms with van der Waals surface area (Å²) in [7, 11) is 0. The average molecular weight is 460 g/mol. The van der Waals surface area contributed by atoms with E-state index in [1.165, 1.54) is 0 Å². The molecule has 4 heterocycles. The van der Waals surface area contributed by atoms with Crippen LogP contribution < -0.4 is 9.80 Å². The second-order valence-electron chi connectivity index (χ2n) is 8.37. The summed E-state index contributed by atoms with van der Waals surface area (Å²) < 4.78 is 5.68. The van der Waals surface area contributed by atoms with Crippen LogP contribution >= 0.6 is 11.6 Å². The van der Waals surface area contributed by atoms with Gasteiger partial charge in [-0.05, 0) is 36.8 Å². The van der Waals surface area contributed by atoms with Crippen molar-refractivity contribution >= 4 is 39.9 Å². The van der Waals surface area contributed by atoms with Crippen LogP contribution in [0.15, 0.2) is 60.9 Å². The first-order chi connectivity index (χ1) is 16.1. The Morgan fingerprint density at radius 2 is 2.03 bits per heavy atom. The van der Waals surface area contributed by atoms with E-state index in [9.17, 15) is 4.79 Å². The summed E-state index contributed by atoms with van der Waals surface area (Å²) in [6.45, 7) is 3.52. The second-order valence-corrected chi connectivity index (χ2v) is 8.80. The van der Waals surface area contributed by atoms with Crippen LogP contribution in [-0.2, 0) is 9.53 Å². The zero-order valence-corrected chi connectivity index (χ0v) is 18.8. The number of carbonyl (C=O) groups is 1. The molecule has 1 saturated heterocycles. The van der Waals surface area contributed by atoms with E-state index in [1.54, 1.807) is 11.1 Å². The topological polar surface area (TPSA) is 74.3 Å². The van der Waals surface area contributed by atoms with Crippen LogP contribution in [0.2, 0.25) is 5.02 Å². The lowest BCUT2D eigenvalue weighted by atomic mass is 10.0. The Morgan fingerprint density at radius 3 is 2.88 bits per heavy atom. The van der Waals surface area contributed by atoms with Crippen LogP contribution in [0, 0.1) is 0 Å². The number of anilines is 2. The van der Waals surface area contributed by atoms with Crippen molar-refractivity contribution in [3.8, 4) is 11.4 Å². The number of aromatic amines is 1. The van der Waals surface area contributed by atoms with E-state index in [-0.39, 0.29) is 11.9 Å². The summed E-state index contributed by atoms with van der Waals surface area (Å²) in [6, 6.07) is 15.0. The van der Waals surface area contributed by atoms with Crippen LogP contribution in [0.5, 0.6) is 0 Å². The number of morpholine rings is 1. The zero-order valence-electron chi connectivity index (χ0n) is 18.0. The third-order valence-electron chi connectivity index (χ3n) is 6.51. The van der Waals surface area contributed by atoms with Crippen LogP contribution in [0.4, 0.5) is 11.5 Å². The first kappa shape index (κ1) is 20.2. The van der Waals surface area contributed by atoms with Gasteiger partial charge in [0.2, 0.25) is 0 Å². The van der Waals surface area contributed by atoms with Crippen molar-refractivity contribution < 1.29 is 9.53 Å². The molecular formula is C25H22ClN5O2. The first-order valence-corrected chi connectivity index (χ1v) is 11.4. The van der Waals surface area contributed by atoms with Gasteiger partial charge in [0, 0.05) is 34.2 Å². The molecule has 166 valence electrons. The molecule has 1 N–H and O–H groups in total. The van der Waals surface area contributed by atoms with Gasteiger partial charge in [0.15, 0.2) is 11.6 Å². The lowest BCUT2D eigenvalue weighted by Gasteiger charge is -2.45. The van der Waals surface area contributed by atoms with Gasteiger partial charge in [-0.15, -0.1) is 0 Å². The number of ether oxygens (including phenoxy) is 1. The van der Waals surface area contributed by atoms with E-state index in [0.29, 0.717) is 36.3 Å². The molecule has 2 aromatic heterocycles. The van der Waals surface area contributed by atoms with Gasteiger partial charge >= 0.3 is 0 Å². The molecule has 7 nitrogen and oxygen atoms in total. The maximum Gasteiger partial charge on any atom is 0.252 e. The molecule has 2 aliphatic heterocycles. The fraction of sp³-hybridized carbons (Fsp3) is 0.240.